The second-order valence-corrected chi connectivity index (χ2v) is 16.6. The molecule has 3 amide bonds. The van der Waals surface area contributed by atoms with Crippen LogP contribution in [0, 0.1) is 11.3 Å². The molecule has 4 N–H and O–H groups in total. The minimum absolute atomic E-state index is 0.0116. The van der Waals surface area contributed by atoms with E-state index < -0.39 is 58.9 Å². The van der Waals surface area contributed by atoms with Crippen LogP contribution in [0.3, 0.4) is 0 Å². The summed E-state index contributed by atoms with van der Waals surface area (Å²) in [5.41, 5.74) is -0.485. The number of fused-ring (bicyclic) bond motifs is 1. The van der Waals surface area contributed by atoms with Gasteiger partial charge in [0.25, 0.3) is 0 Å². The maximum atomic E-state index is 14.6. The number of carbonyl (C=O) groups excluding carboxylic acids is 3. The molecule has 3 heterocycles. The first-order valence-electron chi connectivity index (χ1n) is 18.4. The Kier molecular flexibility index (Phi) is 11.1. The summed E-state index contributed by atoms with van der Waals surface area (Å²) in [5, 5.41) is 22.2. The monoisotopic (exact) mass is 762 g/mol. The van der Waals surface area contributed by atoms with E-state index in [-0.39, 0.29) is 31.5 Å². The quantitative estimate of drug-likeness (QED) is 0.155. The number of ether oxygens (including phenoxy) is 3. The average molecular weight is 763 g/mol. The fraction of sp³-hybridized carbons (Fsp3) is 0.538. The van der Waals surface area contributed by atoms with Crippen molar-refractivity contribution in [3.63, 3.8) is 0 Å². The summed E-state index contributed by atoms with van der Waals surface area (Å²) >= 11 is 1.46. The number of hydrogen-bond donors (Lipinski definition) is 4. The van der Waals surface area contributed by atoms with Gasteiger partial charge in [-0.15, -0.1) is 17.9 Å². The zero-order chi connectivity index (χ0) is 38.9. The lowest BCUT2D eigenvalue weighted by Crippen LogP contribution is -2.59. The molecule has 0 radical (unpaired) electrons. The van der Waals surface area contributed by atoms with Crippen molar-refractivity contribution in [2.24, 2.45) is 11.3 Å². The van der Waals surface area contributed by atoms with Crippen molar-refractivity contribution in [3.8, 4) is 22.9 Å². The number of nitrogens with one attached hydrogen (secondary N) is 3. The molecule has 2 saturated carbocycles. The molecular formula is C39H50N6O8S. The van der Waals surface area contributed by atoms with E-state index >= 15 is 0 Å². The second kappa shape index (κ2) is 15.4. The van der Waals surface area contributed by atoms with Gasteiger partial charge in [-0.2, -0.15) is 0 Å². The van der Waals surface area contributed by atoms with Crippen LogP contribution in [0.15, 0.2) is 42.3 Å². The van der Waals surface area contributed by atoms with Crippen LogP contribution in [-0.4, -0.2) is 93.4 Å². The number of aromatic nitrogens is 2. The Morgan fingerprint density at radius 2 is 1.83 bits per heavy atom. The van der Waals surface area contributed by atoms with E-state index in [1.165, 1.54) is 22.3 Å². The highest BCUT2D eigenvalue weighted by Gasteiger charge is 2.61. The zero-order valence-electron chi connectivity index (χ0n) is 31.6. The van der Waals surface area contributed by atoms with Crippen molar-refractivity contribution in [3.05, 3.63) is 42.3 Å². The number of alkyl carbamates (subject to hydrolysis) is 1. The van der Waals surface area contributed by atoms with Gasteiger partial charge in [-0.3, -0.25) is 9.59 Å². The SMILES string of the molecule is C=C[C@@H]1C[C@]1(NC(=O)[C@@H]1C[C@@H](Oc2cc(-c3csc(NC(C)C)n3)nc3cc(OC)ccc23)CN1C(=O)[C@@H](NC(=O)OC1CCCC1)C(C)(C)C)C(=O)O. The highest BCUT2D eigenvalue weighted by molar-refractivity contribution is 7.14. The molecule has 1 aliphatic heterocycles. The molecule has 290 valence electrons. The number of methoxy groups -OCH3 is 1. The van der Waals surface area contributed by atoms with E-state index in [1.54, 1.807) is 25.3 Å². The molecule has 0 bridgehead atoms. The Bertz CT molecular complexity index is 1920. The maximum absolute atomic E-state index is 14.6. The number of carbonyl (C=O) groups is 4. The summed E-state index contributed by atoms with van der Waals surface area (Å²) in [7, 11) is 1.57. The number of nitrogens with zero attached hydrogens (tertiary/aromatic N) is 3. The van der Waals surface area contributed by atoms with Crippen molar-refractivity contribution in [1.29, 1.82) is 0 Å². The number of thiazole rings is 1. The highest BCUT2D eigenvalue weighted by Crippen LogP contribution is 2.45. The third-order valence-corrected chi connectivity index (χ3v) is 11.1. The normalized spacial score (nSPS) is 23.2. The van der Waals surface area contributed by atoms with Gasteiger partial charge in [0.15, 0.2) is 5.13 Å². The predicted octanol–water partition coefficient (Wildman–Crippen LogP) is 5.76. The summed E-state index contributed by atoms with van der Waals surface area (Å²) in [4.78, 5) is 65.1. The summed E-state index contributed by atoms with van der Waals surface area (Å²) < 4.78 is 17.8. The largest absolute Gasteiger partial charge is 0.497 e. The highest BCUT2D eigenvalue weighted by atomic mass is 32.1. The minimum atomic E-state index is -1.51. The zero-order valence-corrected chi connectivity index (χ0v) is 32.5. The molecule has 15 heteroatoms. The lowest BCUT2D eigenvalue weighted by Gasteiger charge is -2.35. The van der Waals surface area contributed by atoms with E-state index in [1.807, 2.05) is 46.1 Å². The van der Waals surface area contributed by atoms with Crippen LogP contribution in [0.4, 0.5) is 9.93 Å². The van der Waals surface area contributed by atoms with Gasteiger partial charge in [0.2, 0.25) is 11.8 Å². The van der Waals surface area contributed by atoms with E-state index in [0.717, 1.165) is 30.8 Å². The average Bonchev–Trinajstić information content (AvgIpc) is 3.53. The van der Waals surface area contributed by atoms with Gasteiger partial charge in [0, 0.05) is 41.3 Å². The first kappa shape index (κ1) is 38.8. The molecule has 3 fully saturated rings. The fourth-order valence-corrected chi connectivity index (χ4v) is 8.09. The predicted molar refractivity (Wildman–Crippen MR) is 205 cm³/mol. The fourth-order valence-electron chi connectivity index (χ4n) is 7.23. The molecule has 1 aromatic carbocycles. The van der Waals surface area contributed by atoms with Gasteiger partial charge in [-0.05, 0) is 63.5 Å². The minimum Gasteiger partial charge on any atom is -0.497 e. The van der Waals surface area contributed by atoms with Gasteiger partial charge < -0.3 is 40.2 Å². The summed E-state index contributed by atoms with van der Waals surface area (Å²) in [6.45, 7) is 13.2. The van der Waals surface area contributed by atoms with Crippen molar-refractivity contribution < 1.29 is 38.5 Å². The smallest absolute Gasteiger partial charge is 0.408 e. The Balaban J connectivity index is 1.32. The third kappa shape index (κ3) is 8.25. The molecule has 0 unspecified atom stereocenters. The standard InChI is InChI=1S/C39H50N6O8S/c1-8-22-18-39(22,35(48)49)44-33(46)30-16-25(19-45(30)34(47)32(38(4,5)6)43-37(50)53-23-11-9-10-12-23)52-31-17-28(29-20-54-36(42-29)40-21(2)3)41-27-15-24(51-7)13-14-26(27)31/h8,13-15,17,20-23,25,30,32H,1,9-12,16,18-19H2,2-7H3,(H,40,42)(H,43,50)(H,44,46)(H,48,49)/t22-,25-,30+,32-,39-/m1/s1. The van der Waals surface area contributed by atoms with E-state index in [0.29, 0.717) is 33.8 Å². The van der Waals surface area contributed by atoms with Crippen molar-refractivity contribution in [1.82, 2.24) is 25.5 Å². The van der Waals surface area contributed by atoms with Crippen molar-refractivity contribution >= 4 is 51.2 Å². The number of pyridine rings is 1. The first-order chi connectivity index (χ1) is 25.6. The van der Waals surface area contributed by atoms with Gasteiger partial charge in [0.05, 0.1) is 24.9 Å². The molecule has 2 aliphatic carbocycles. The van der Waals surface area contributed by atoms with Crippen LogP contribution >= 0.6 is 11.3 Å². The van der Waals surface area contributed by atoms with E-state index in [4.69, 9.17) is 24.2 Å². The molecule has 3 aromatic rings. The van der Waals surface area contributed by atoms with Crippen molar-refractivity contribution in [2.75, 3.05) is 19.0 Å². The number of amides is 3. The van der Waals surface area contributed by atoms with Crippen LogP contribution in [0.1, 0.15) is 73.1 Å². The van der Waals surface area contributed by atoms with Gasteiger partial charge in [-0.1, -0.05) is 26.8 Å². The van der Waals surface area contributed by atoms with E-state index in [9.17, 15) is 24.3 Å². The molecule has 54 heavy (non-hydrogen) atoms. The summed E-state index contributed by atoms with van der Waals surface area (Å²) in [5.74, 6) is -1.69. The number of carboxylic acids is 1. The van der Waals surface area contributed by atoms with Gasteiger partial charge in [-0.25, -0.2) is 19.6 Å². The number of carboxylic acid groups (broad SMARTS) is 1. The molecule has 3 aliphatic rings. The first-order valence-corrected chi connectivity index (χ1v) is 19.3. The van der Waals surface area contributed by atoms with Crippen LogP contribution in [0.25, 0.3) is 22.3 Å². The Morgan fingerprint density at radius 3 is 2.46 bits per heavy atom. The summed E-state index contributed by atoms with van der Waals surface area (Å²) in [6.07, 6.45) is 3.64. The lowest BCUT2D eigenvalue weighted by atomic mass is 9.85. The van der Waals surface area contributed by atoms with Crippen molar-refractivity contribution in [2.45, 2.75) is 109 Å². The number of rotatable bonds is 13. The third-order valence-electron chi connectivity index (χ3n) is 10.3. The molecule has 6 rings (SSSR count). The Labute approximate surface area is 319 Å². The van der Waals surface area contributed by atoms with E-state index in [2.05, 4.69) is 22.5 Å². The Morgan fingerprint density at radius 1 is 1.09 bits per heavy atom. The Hall–Kier alpha value is -4.92. The molecule has 2 aromatic heterocycles. The molecule has 0 spiro atoms. The topological polar surface area (TPSA) is 181 Å². The number of anilines is 1. The number of hydrogen-bond acceptors (Lipinski definition) is 11. The lowest BCUT2D eigenvalue weighted by molar-refractivity contribution is -0.146. The molecule has 1 saturated heterocycles. The van der Waals surface area contributed by atoms with Crippen LogP contribution in [-0.2, 0) is 19.1 Å². The van der Waals surface area contributed by atoms with Gasteiger partial charge in [0.1, 0.15) is 47.0 Å². The number of aliphatic carboxylic acids is 1. The molecular weight excluding hydrogens is 713 g/mol. The van der Waals surface area contributed by atoms with Crippen LogP contribution in [0.5, 0.6) is 11.5 Å². The van der Waals surface area contributed by atoms with Crippen LogP contribution in [0.2, 0.25) is 0 Å². The van der Waals surface area contributed by atoms with Crippen LogP contribution < -0.4 is 25.4 Å². The second-order valence-electron chi connectivity index (χ2n) is 15.8. The molecule has 5 atom stereocenters. The maximum Gasteiger partial charge on any atom is 0.408 e. The molecule has 14 nitrogen and oxygen atoms in total. The number of likely N-dealkylation sites (tertiary alicyclic amines) is 1. The summed E-state index contributed by atoms with van der Waals surface area (Å²) in [6, 6.07) is 5.25. The van der Waals surface area contributed by atoms with Gasteiger partial charge >= 0.3 is 12.1 Å². The number of benzene rings is 1.